The molecule has 5 nitrogen and oxygen atoms in total. The number of fused-ring (bicyclic) bond motifs is 1. The van der Waals surface area contributed by atoms with Gasteiger partial charge >= 0.3 is 0 Å². The van der Waals surface area contributed by atoms with Crippen LogP contribution in [0.5, 0.6) is 11.5 Å². The van der Waals surface area contributed by atoms with Crippen LogP contribution < -0.4 is 14.9 Å². The van der Waals surface area contributed by atoms with Gasteiger partial charge in [-0.2, -0.15) is 5.10 Å². The maximum Gasteiger partial charge on any atom is 0.284 e. The van der Waals surface area contributed by atoms with Gasteiger partial charge in [-0.05, 0) is 29.8 Å². The first-order chi connectivity index (χ1) is 10.7. The lowest BCUT2D eigenvalue weighted by molar-refractivity contribution is -0.130. The first kappa shape index (κ1) is 14.4. The van der Waals surface area contributed by atoms with Crippen LogP contribution in [0.15, 0.2) is 53.6 Å². The average molecular weight is 317 g/mol. The maximum atomic E-state index is 12.0. The van der Waals surface area contributed by atoms with Gasteiger partial charge in [-0.25, -0.2) is 5.43 Å². The van der Waals surface area contributed by atoms with E-state index in [1.165, 1.54) is 6.21 Å². The van der Waals surface area contributed by atoms with Crippen molar-refractivity contribution in [3.63, 3.8) is 0 Å². The highest BCUT2D eigenvalue weighted by Crippen LogP contribution is 2.30. The second-order valence-corrected chi connectivity index (χ2v) is 5.09. The predicted octanol–water partition coefficient (Wildman–Crippen LogP) is 2.63. The topological polar surface area (TPSA) is 59.9 Å². The Morgan fingerprint density at radius 3 is 2.68 bits per heavy atom. The zero-order chi connectivity index (χ0) is 15.4. The number of rotatable bonds is 3. The highest BCUT2D eigenvalue weighted by atomic mass is 35.5. The molecule has 1 heterocycles. The van der Waals surface area contributed by atoms with Gasteiger partial charge in [0.25, 0.3) is 5.91 Å². The molecule has 1 N–H and O–H groups in total. The van der Waals surface area contributed by atoms with Gasteiger partial charge in [0, 0.05) is 5.02 Å². The summed E-state index contributed by atoms with van der Waals surface area (Å²) in [6.07, 6.45) is 0.809. The molecule has 6 heteroatoms. The number of hydrogen-bond donors (Lipinski definition) is 1. The molecule has 1 aliphatic heterocycles. The van der Waals surface area contributed by atoms with Gasteiger partial charge in [0.1, 0.15) is 6.61 Å². The Hall–Kier alpha value is -2.53. The monoisotopic (exact) mass is 316 g/mol. The summed E-state index contributed by atoms with van der Waals surface area (Å²) in [5.41, 5.74) is 3.27. The molecule has 0 saturated heterocycles. The molecule has 1 aliphatic rings. The van der Waals surface area contributed by atoms with Crippen molar-refractivity contribution in [2.24, 2.45) is 5.10 Å². The molecule has 0 bridgehead atoms. The quantitative estimate of drug-likeness (QED) is 0.699. The minimum atomic E-state index is -0.725. The largest absolute Gasteiger partial charge is 0.485 e. The van der Waals surface area contributed by atoms with E-state index >= 15 is 0 Å². The van der Waals surface area contributed by atoms with Crippen LogP contribution in [0.1, 0.15) is 5.56 Å². The highest BCUT2D eigenvalue weighted by Gasteiger charge is 2.26. The Morgan fingerprint density at radius 1 is 1.18 bits per heavy atom. The summed E-state index contributed by atoms with van der Waals surface area (Å²) in [6, 6.07) is 14.3. The first-order valence-electron chi connectivity index (χ1n) is 6.69. The number of carbonyl (C=O) groups is 1. The minimum absolute atomic E-state index is 0.152. The molecule has 1 unspecified atom stereocenters. The fraction of sp³-hybridized carbons (Fsp3) is 0.125. The number of hydrazone groups is 1. The van der Waals surface area contributed by atoms with E-state index < -0.39 is 6.10 Å². The Balaban J connectivity index is 1.58. The van der Waals surface area contributed by atoms with Crippen LogP contribution in [0, 0.1) is 0 Å². The van der Waals surface area contributed by atoms with Crippen molar-refractivity contribution < 1.29 is 14.3 Å². The molecule has 0 spiro atoms. The van der Waals surface area contributed by atoms with Crippen LogP contribution in [0.4, 0.5) is 0 Å². The minimum Gasteiger partial charge on any atom is -0.485 e. The van der Waals surface area contributed by atoms with Crippen molar-refractivity contribution in [3.05, 3.63) is 59.1 Å². The van der Waals surface area contributed by atoms with E-state index in [9.17, 15) is 4.79 Å². The third-order valence-corrected chi connectivity index (χ3v) is 3.31. The maximum absolute atomic E-state index is 12.0. The molecule has 1 amide bonds. The van der Waals surface area contributed by atoms with E-state index in [1.54, 1.807) is 36.4 Å². The number of nitrogens with zero attached hydrogens (tertiary/aromatic N) is 1. The summed E-state index contributed by atoms with van der Waals surface area (Å²) < 4.78 is 11.1. The normalized spacial score (nSPS) is 16.5. The number of benzene rings is 2. The zero-order valence-corrected chi connectivity index (χ0v) is 12.3. The summed E-state index contributed by atoms with van der Waals surface area (Å²) in [5, 5.41) is 4.55. The predicted molar refractivity (Wildman–Crippen MR) is 83.5 cm³/mol. The number of carbonyl (C=O) groups excluding carboxylic acids is 1. The number of ether oxygens (including phenoxy) is 2. The number of nitrogens with one attached hydrogen (secondary N) is 1. The molecule has 0 radical (unpaired) electrons. The van der Waals surface area contributed by atoms with Gasteiger partial charge in [-0.3, -0.25) is 4.79 Å². The zero-order valence-electron chi connectivity index (χ0n) is 11.5. The van der Waals surface area contributed by atoms with E-state index in [4.69, 9.17) is 21.1 Å². The average Bonchev–Trinajstić information content (AvgIpc) is 2.56. The Labute approximate surface area is 132 Å². The van der Waals surface area contributed by atoms with Gasteiger partial charge in [0.2, 0.25) is 6.10 Å². The number of hydrogen-bond acceptors (Lipinski definition) is 4. The van der Waals surface area contributed by atoms with Crippen LogP contribution in [0.25, 0.3) is 0 Å². The second-order valence-electron chi connectivity index (χ2n) is 4.65. The van der Waals surface area contributed by atoms with Crippen molar-refractivity contribution in [3.8, 4) is 11.5 Å². The SMILES string of the molecule is O=C(NN=Cc1ccc(Cl)cc1)C1COc2ccccc2O1. The second kappa shape index (κ2) is 6.49. The summed E-state index contributed by atoms with van der Waals surface area (Å²) in [7, 11) is 0. The molecular weight excluding hydrogens is 304 g/mol. The summed E-state index contributed by atoms with van der Waals surface area (Å²) in [4.78, 5) is 12.0. The van der Waals surface area contributed by atoms with Crippen LogP contribution in [-0.4, -0.2) is 24.8 Å². The molecule has 112 valence electrons. The van der Waals surface area contributed by atoms with E-state index in [0.29, 0.717) is 16.5 Å². The van der Waals surface area contributed by atoms with Crippen LogP contribution in [0.2, 0.25) is 5.02 Å². The van der Waals surface area contributed by atoms with E-state index in [0.717, 1.165) is 5.56 Å². The third-order valence-electron chi connectivity index (χ3n) is 3.06. The van der Waals surface area contributed by atoms with Crippen molar-refractivity contribution >= 4 is 23.7 Å². The van der Waals surface area contributed by atoms with Gasteiger partial charge in [0.15, 0.2) is 11.5 Å². The number of halogens is 1. The van der Waals surface area contributed by atoms with Crippen LogP contribution in [-0.2, 0) is 4.79 Å². The Bertz CT molecular complexity index is 701. The standard InChI is InChI=1S/C16H13ClN2O3/c17-12-7-5-11(6-8-12)9-18-19-16(20)15-10-21-13-3-1-2-4-14(13)22-15/h1-9,15H,10H2,(H,19,20). The molecule has 22 heavy (non-hydrogen) atoms. The van der Waals surface area contributed by atoms with Crippen LogP contribution >= 0.6 is 11.6 Å². The summed E-state index contributed by atoms with van der Waals surface area (Å²) >= 11 is 5.79. The van der Waals surface area contributed by atoms with Gasteiger partial charge in [-0.1, -0.05) is 35.9 Å². The lowest BCUT2D eigenvalue weighted by atomic mass is 10.2. The third kappa shape index (κ3) is 3.38. The van der Waals surface area contributed by atoms with E-state index in [-0.39, 0.29) is 12.5 Å². The number of para-hydroxylation sites is 2. The number of amides is 1. The lowest BCUT2D eigenvalue weighted by Gasteiger charge is -2.24. The van der Waals surface area contributed by atoms with Crippen molar-refractivity contribution in [2.45, 2.75) is 6.10 Å². The fourth-order valence-corrected chi connectivity index (χ4v) is 2.07. The molecule has 3 rings (SSSR count). The van der Waals surface area contributed by atoms with Crippen LogP contribution in [0.3, 0.4) is 0 Å². The molecule has 0 aromatic heterocycles. The van der Waals surface area contributed by atoms with Gasteiger partial charge < -0.3 is 9.47 Å². The van der Waals surface area contributed by atoms with Crippen molar-refractivity contribution in [1.82, 2.24) is 5.43 Å². The molecular formula is C16H13ClN2O3. The van der Waals surface area contributed by atoms with Crippen molar-refractivity contribution in [2.75, 3.05) is 6.61 Å². The lowest BCUT2D eigenvalue weighted by Crippen LogP contribution is -2.42. The highest BCUT2D eigenvalue weighted by molar-refractivity contribution is 6.30. The molecule has 2 aromatic carbocycles. The smallest absolute Gasteiger partial charge is 0.284 e. The molecule has 0 aliphatic carbocycles. The fourth-order valence-electron chi connectivity index (χ4n) is 1.94. The molecule has 0 saturated carbocycles. The van der Waals surface area contributed by atoms with E-state index in [2.05, 4.69) is 10.5 Å². The summed E-state index contributed by atoms with van der Waals surface area (Å²) in [6.45, 7) is 0.152. The van der Waals surface area contributed by atoms with Gasteiger partial charge in [-0.15, -0.1) is 0 Å². The Kier molecular flexibility index (Phi) is 4.25. The molecule has 1 atom stereocenters. The summed E-state index contributed by atoms with van der Waals surface area (Å²) in [5.74, 6) is 0.825. The molecule has 2 aromatic rings. The first-order valence-corrected chi connectivity index (χ1v) is 7.07. The van der Waals surface area contributed by atoms with E-state index in [1.807, 2.05) is 12.1 Å². The van der Waals surface area contributed by atoms with Crippen molar-refractivity contribution in [1.29, 1.82) is 0 Å². The van der Waals surface area contributed by atoms with Gasteiger partial charge in [0.05, 0.1) is 6.21 Å². The molecule has 0 fully saturated rings. The Morgan fingerprint density at radius 2 is 1.91 bits per heavy atom.